The Kier molecular flexibility index (Phi) is 5.42. The van der Waals surface area contributed by atoms with E-state index in [0.29, 0.717) is 6.54 Å². The minimum atomic E-state index is -4.03. The van der Waals surface area contributed by atoms with Gasteiger partial charge in [-0.25, -0.2) is 21.9 Å². The molecule has 1 saturated heterocycles. The molecule has 21 heavy (non-hydrogen) atoms. The first-order valence-corrected chi connectivity index (χ1v) is 9.09. The molecule has 3 N–H and O–H groups in total. The predicted octanol–water partition coefficient (Wildman–Crippen LogP) is 0.874. The van der Waals surface area contributed by atoms with Crippen LogP contribution < -0.4 is 10.5 Å². The highest BCUT2D eigenvalue weighted by Crippen LogP contribution is 2.22. The third kappa shape index (κ3) is 4.06. The van der Waals surface area contributed by atoms with Crippen molar-refractivity contribution >= 4 is 27.5 Å². The second-order valence-corrected chi connectivity index (χ2v) is 7.59. The number of benzene rings is 1. The molecule has 1 fully saturated rings. The molecule has 0 atom stereocenters. The molecule has 0 aliphatic carbocycles. The zero-order chi connectivity index (χ0) is 15.5. The molecule has 1 aliphatic rings. The molecule has 0 unspecified atom stereocenters. The van der Waals surface area contributed by atoms with Gasteiger partial charge in [0.05, 0.1) is 0 Å². The zero-order valence-corrected chi connectivity index (χ0v) is 12.9. The van der Waals surface area contributed by atoms with Gasteiger partial charge in [0.2, 0.25) is 10.0 Å². The summed E-state index contributed by atoms with van der Waals surface area (Å²) in [5, 5.41) is 0. The Hall–Kier alpha value is -0.900. The summed E-state index contributed by atoms with van der Waals surface area (Å²) in [6, 6.07) is 1.72. The summed E-state index contributed by atoms with van der Waals surface area (Å²) in [5.74, 6) is -0.180. The van der Waals surface area contributed by atoms with Crippen LogP contribution in [-0.2, 0) is 10.0 Å². The number of nitrogens with two attached hydrogens (primary N) is 1. The minimum Gasteiger partial charge on any atom is -0.394 e. The molecule has 0 aromatic heterocycles. The van der Waals surface area contributed by atoms with Crippen molar-refractivity contribution in [1.82, 2.24) is 9.62 Å². The fourth-order valence-corrected chi connectivity index (χ4v) is 4.08. The fraction of sp³-hybridized carbons (Fsp3) is 0.500. The van der Waals surface area contributed by atoms with Gasteiger partial charge in [-0.2, -0.15) is 11.8 Å². The lowest BCUT2D eigenvalue weighted by molar-refractivity contribution is 0.307. The van der Waals surface area contributed by atoms with Gasteiger partial charge in [-0.15, -0.1) is 0 Å². The van der Waals surface area contributed by atoms with Crippen LogP contribution in [0.15, 0.2) is 17.0 Å². The van der Waals surface area contributed by atoms with Crippen molar-refractivity contribution in [3.05, 3.63) is 23.8 Å². The monoisotopic (exact) mass is 337 g/mol. The van der Waals surface area contributed by atoms with E-state index in [9.17, 15) is 17.2 Å². The van der Waals surface area contributed by atoms with Gasteiger partial charge in [0.1, 0.15) is 16.4 Å². The van der Waals surface area contributed by atoms with Crippen LogP contribution in [0.3, 0.4) is 0 Å². The fourth-order valence-electron chi connectivity index (χ4n) is 2.00. The number of rotatable bonds is 5. The molecule has 1 heterocycles. The first-order valence-electron chi connectivity index (χ1n) is 6.45. The number of hydrogen-bond donors (Lipinski definition) is 2. The highest BCUT2D eigenvalue weighted by molar-refractivity contribution is 7.99. The number of anilines is 1. The third-order valence-corrected chi connectivity index (χ3v) is 5.63. The Morgan fingerprint density at radius 1 is 1.29 bits per heavy atom. The molecule has 118 valence electrons. The number of thioether (sulfide) groups is 1. The summed E-state index contributed by atoms with van der Waals surface area (Å²) in [7, 11) is -4.03. The molecular weight excluding hydrogens is 320 g/mol. The lowest BCUT2D eigenvalue weighted by Gasteiger charge is -2.26. The van der Waals surface area contributed by atoms with Crippen LogP contribution in [0.2, 0.25) is 0 Å². The van der Waals surface area contributed by atoms with E-state index in [1.54, 1.807) is 0 Å². The molecule has 2 rings (SSSR count). The van der Waals surface area contributed by atoms with Crippen molar-refractivity contribution in [2.75, 3.05) is 43.4 Å². The van der Waals surface area contributed by atoms with Gasteiger partial charge in [0.15, 0.2) is 5.82 Å². The average molecular weight is 337 g/mol. The van der Waals surface area contributed by atoms with Crippen LogP contribution in [0.5, 0.6) is 0 Å². The van der Waals surface area contributed by atoms with Crippen molar-refractivity contribution in [2.24, 2.45) is 0 Å². The van der Waals surface area contributed by atoms with Crippen LogP contribution in [0.1, 0.15) is 0 Å². The summed E-state index contributed by atoms with van der Waals surface area (Å²) in [6.45, 7) is 2.54. The van der Waals surface area contributed by atoms with E-state index in [1.165, 1.54) is 0 Å². The van der Waals surface area contributed by atoms with Crippen molar-refractivity contribution in [1.29, 1.82) is 0 Å². The number of nitrogens with zero attached hydrogens (tertiary/aromatic N) is 1. The molecule has 1 aliphatic heterocycles. The molecule has 1 aromatic rings. The second-order valence-electron chi connectivity index (χ2n) is 4.62. The maximum Gasteiger partial charge on any atom is 0.243 e. The Labute approximate surface area is 126 Å². The molecule has 0 spiro atoms. The number of sulfonamides is 1. The first-order chi connectivity index (χ1) is 9.92. The Bertz CT molecular complexity index is 605. The summed E-state index contributed by atoms with van der Waals surface area (Å²) in [4.78, 5) is 1.50. The standard InChI is InChI=1S/C12H17F2N3O2S2/c13-9-1-2-10(11(14)12(9)15)21(18,19)16-3-4-17-5-7-20-8-6-17/h1-2,16H,3-8,15H2. The second kappa shape index (κ2) is 6.91. The zero-order valence-electron chi connectivity index (χ0n) is 11.3. The molecule has 0 amide bonds. The van der Waals surface area contributed by atoms with Crippen LogP contribution in [0.25, 0.3) is 0 Å². The first kappa shape index (κ1) is 16.5. The average Bonchev–Trinajstić information content (AvgIpc) is 2.45. The van der Waals surface area contributed by atoms with Crippen LogP contribution >= 0.6 is 11.8 Å². The maximum absolute atomic E-state index is 13.7. The van der Waals surface area contributed by atoms with Gasteiger partial charge >= 0.3 is 0 Å². The third-order valence-electron chi connectivity index (χ3n) is 3.20. The van der Waals surface area contributed by atoms with Gasteiger partial charge in [0.25, 0.3) is 0 Å². The Morgan fingerprint density at radius 2 is 1.95 bits per heavy atom. The van der Waals surface area contributed by atoms with Crippen molar-refractivity contribution in [3.8, 4) is 0 Å². The van der Waals surface area contributed by atoms with E-state index in [0.717, 1.165) is 36.7 Å². The minimum absolute atomic E-state index is 0.170. The van der Waals surface area contributed by atoms with E-state index >= 15 is 0 Å². The molecule has 5 nitrogen and oxygen atoms in total. The maximum atomic E-state index is 13.7. The summed E-state index contributed by atoms with van der Waals surface area (Å²) in [5.41, 5.74) is 4.39. The predicted molar refractivity (Wildman–Crippen MR) is 79.7 cm³/mol. The Balaban J connectivity index is 2.00. The van der Waals surface area contributed by atoms with Gasteiger partial charge in [0, 0.05) is 37.7 Å². The summed E-state index contributed by atoms with van der Waals surface area (Å²) < 4.78 is 53.1. The molecule has 0 bridgehead atoms. The summed E-state index contributed by atoms with van der Waals surface area (Å²) >= 11 is 1.86. The van der Waals surface area contributed by atoms with E-state index in [-0.39, 0.29) is 6.54 Å². The highest BCUT2D eigenvalue weighted by atomic mass is 32.2. The SMILES string of the molecule is Nc1c(F)ccc(S(=O)(=O)NCCN2CCSCC2)c1F. The quantitative estimate of drug-likeness (QED) is 0.780. The highest BCUT2D eigenvalue weighted by Gasteiger charge is 2.22. The van der Waals surface area contributed by atoms with E-state index in [2.05, 4.69) is 9.62 Å². The van der Waals surface area contributed by atoms with E-state index < -0.39 is 32.2 Å². The molecule has 9 heteroatoms. The lowest BCUT2D eigenvalue weighted by atomic mass is 10.3. The van der Waals surface area contributed by atoms with Crippen molar-refractivity contribution in [3.63, 3.8) is 0 Å². The lowest BCUT2D eigenvalue weighted by Crippen LogP contribution is -2.39. The summed E-state index contributed by atoms with van der Waals surface area (Å²) in [6.07, 6.45) is 0. The van der Waals surface area contributed by atoms with Crippen LogP contribution in [0, 0.1) is 11.6 Å². The van der Waals surface area contributed by atoms with Gasteiger partial charge in [-0.05, 0) is 12.1 Å². The van der Waals surface area contributed by atoms with Crippen molar-refractivity contribution < 1.29 is 17.2 Å². The number of hydrogen-bond acceptors (Lipinski definition) is 5. The number of halogens is 2. The molecule has 1 aromatic carbocycles. The largest absolute Gasteiger partial charge is 0.394 e. The van der Waals surface area contributed by atoms with Gasteiger partial charge in [-0.3, -0.25) is 0 Å². The van der Waals surface area contributed by atoms with Crippen molar-refractivity contribution in [2.45, 2.75) is 4.90 Å². The van der Waals surface area contributed by atoms with Crippen LogP contribution in [0.4, 0.5) is 14.5 Å². The Morgan fingerprint density at radius 3 is 2.62 bits per heavy atom. The van der Waals surface area contributed by atoms with E-state index in [4.69, 9.17) is 5.73 Å². The molecule has 0 saturated carbocycles. The normalized spacial score (nSPS) is 17.0. The number of nitrogens with one attached hydrogen (secondary N) is 1. The van der Waals surface area contributed by atoms with E-state index in [1.807, 2.05) is 11.8 Å². The van der Waals surface area contributed by atoms with Gasteiger partial charge < -0.3 is 10.6 Å². The molecule has 0 radical (unpaired) electrons. The molecular formula is C12H17F2N3O2S2. The topological polar surface area (TPSA) is 75.4 Å². The smallest absolute Gasteiger partial charge is 0.243 e. The number of nitrogen functional groups attached to an aromatic ring is 1. The van der Waals surface area contributed by atoms with Gasteiger partial charge in [-0.1, -0.05) is 0 Å². The van der Waals surface area contributed by atoms with Crippen LogP contribution in [-0.4, -0.2) is 51.0 Å².